The molecule has 0 amide bonds. The van der Waals surface area contributed by atoms with Crippen molar-refractivity contribution in [2.45, 2.75) is 123 Å². The minimum Gasteiger partial charge on any atom is -0.412 e. The molecule has 0 aliphatic rings. The van der Waals surface area contributed by atoms with Gasteiger partial charge in [-0.3, -0.25) is 4.52 Å². The SMILES string of the molecule is C[Si](C)(C)O[C@@H]([C@@H](CCO)O[Si](C)(C)C)[C@@H](COP(=O)(O[Si](C)(C)C)O[Si](C)(C)C)O[Si](C)(C)C. The van der Waals surface area contributed by atoms with E-state index in [1.807, 2.05) is 39.3 Å². The topological polar surface area (TPSA) is 92.7 Å². The third-order valence-corrected chi connectivity index (χ3v) is 13.4. The summed E-state index contributed by atoms with van der Waals surface area (Å²) in [6.45, 7) is 30.7. The first kappa shape index (κ1) is 36.0. The number of phosphoric acid groups is 1. The molecule has 0 bridgehead atoms. The maximum absolute atomic E-state index is 13.8. The Morgan fingerprint density at radius 2 is 0.971 bits per heavy atom. The number of aliphatic hydroxyl groups is 1. The summed E-state index contributed by atoms with van der Waals surface area (Å²) in [5, 5.41) is 9.86. The van der Waals surface area contributed by atoms with Gasteiger partial charge in [-0.25, -0.2) is 4.57 Å². The average Bonchev–Trinajstić information content (AvgIpc) is 2.49. The molecule has 1 N–H and O–H groups in total. The molecule has 8 nitrogen and oxygen atoms in total. The van der Waals surface area contributed by atoms with Crippen molar-refractivity contribution in [2.24, 2.45) is 0 Å². The summed E-state index contributed by atoms with van der Waals surface area (Å²) in [5.74, 6) is 0. The number of hydrogen-bond donors (Lipinski definition) is 1. The van der Waals surface area contributed by atoms with Crippen LogP contribution in [0, 0.1) is 0 Å². The fraction of sp³-hybridized carbons (Fsp3) is 1.00. The molecule has 0 aliphatic carbocycles. The largest absolute Gasteiger partial charge is 0.455 e. The molecule has 0 radical (unpaired) electrons. The Morgan fingerprint density at radius 3 is 1.29 bits per heavy atom. The van der Waals surface area contributed by atoms with E-state index in [9.17, 15) is 9.67 Å². The van der Waals surface area contributed by atoms with Crippen LogP contribution in [0.3, 0.4) is 0 Å². The zero-order valence-electron chi connectivity index (χ0n) is 25.1. The highest BCUT2D eigenvalue weighted by molar-refractivity contribution is 7.52. The van der Waals surface area contributed by atoms with Crippen molar-refractivity contribution in [1.82, 2.24) is 0 Å². The van der Waals surface area contributed by atoms with E-state index in [0.717, 1.165) is 0 Å². The summed E-state index contributed by atoms with van der Waals surface area (Å²) < 4.78 is 51.6. The van der Waals surface area contributed by atoms with Gasteiger partial charge in [0, 0.05) is 6.61 Å². The standard InChI is InChI=1S/C21H55O8PSi5/c1-31(2,3)25-19(16-17-22)21(27-33(7,8)9)20(26-32(4,5)6)18-24-30(23,28-34(10,11)12)29-35(13,14)15/h19-22H,16-18H2,1-15H3/t19-,20-,21+/m1/s1. The molecule has 3 atom stereocenters. The Balaban J connectivity index is 6.36. The van der Waals surface area contributed by atoms with Crippen molar-refractivity contribution < 1.29 is 35.9 Å². The second-order valence-electron chi connectivity index (χ2n) is 13.9. The molecule has 0 aromatic rings. The van der Waals surface area contributed by atoms with Gasteiger partial charge < -0.3 is 26.8 Å². The molecule has 0 saturated carbocycles. The normalized spacial score (nSPS) is 17.4. The first-order valence-electron chi connectivity index (χ1n) is 12.5. The smallest absolute Gasteiger partial charge is 0.412 e. The summed E-state index contributed by atoms with van der Waals surface area (Å²) in [6.07, 6.45) is -0.998. The molecular weight excluding hydrogens is 552 g/mol. The van der Waals surface area contributed by atoms with E-state index < -0.39 is 61.6 Å². The Bertz CT molecular complexity index is 658. The van der Waals surface area contributed by atoms with Gasteiger partial charge in [-0.2, -0.15) is 0 Å². The Hall–Kier alpha value is 1.03. The predicted octanol–water partition coefficient (Wildman–Crippen LogP) is 6.86. The zero-order valence-corrected chi connectivity index (χ0v) is 31.0. The van der Waals surface area contributed by atoms with Crippen LogP contribution in [0.4, 0.5) is 0 Å². The molecule has 0 aromatic heterocycles. The van der Waals surface area contributed by atoms with E-state index in [0.29, 0.717) is 6.42 Å². The van der Waals surface area contributed by atoms with Crippen molar-refractivity contribution in [3.8, 4) is 0 Å². The molecule has 0 rings (SSSR count). The lowest BCUT2D eigenvalue weighted by Gasteiger charge is -2.42. The van der Waals surface area contributed by atoms with Crippen LogP contribution >= 0.6 is 7.82 Å². The predicted molar refractivity (Wildman–Crippen MR) is 159 cm³/mol. The van der Waals surface area contributed by atoms with E-state index in [1.54, 1.807) is 0 Å². The van der Waals surface area contributed by atoms with Crippen LogP contribution in [0.5, 0.6) is 0 Å². The first-order valence-corrected chi connectivity index (χ1v) is 31.0. The molecule has 0 heterocycles. The van der Waals surface area contributed by atoms with Gasteiger partial charge in [-0.1, -0.05) is 0 Å². The van der Waals surface area contributed by atoms with Crippen molar-refractivity contribution in [3.63, 3.8) is 0 Å². The molecule has 14 heteroatoms. The highest BCUT2D eigenvalue weighted by atomic mass is 31.2. The van der Waals surface area contributed by atoms with E-state index >= 15 is 0 Å². The average molecular weight is 607 g/mol. The minimum absolute atomic E-state index is 0.0113. The molecule has 212 valence electrons. The first-order chi connectivity index (χ1) is 15.2. The summed E-state index contributed by atoms with van der Waals surface area (Å²) in [4.78, 5) is 0. The maximum atomic E-state index is 13.8. The number of rotatable bonds is 17. The van der Waals surface area contributed by atoms with Crippen molar-refractivity contribution >= 4 is 49.4 Å². The molecule has 0 unspecified atom stereocenters. The van der Waals surface area contributed by atoms with Crippen LogP contribution in [0.2, 0.25) is 98.2 Å². The van der Waals surface area contributed by atoms with Gasteiger partial charge in [-0.05, 0) is 105 Å². The molecule has 0 saturated heterocycles. The maximum Gasteiger partial charge on any atom is 0.455 e. The van der Waals surface area contributed by atoms with Crippen LogP contribution in [-0.2, 0) is 30.8 Å². The summed E-state index contributed by atoms with van der Waals surface area (Å²) in [5.41, 5.74) is 0. The third-order valence-electron chi connectivity index (χ3n) is 3.81. The molecule has 35 heavy (non-hydrogen) atoms. The van der Waals surface area contributed by atoms with Gasteiger partial charge in [0.25, 0.3) is 0 Å². The van der Waals surface area contributed by atoms with Gasteiger partial charge in [0.2, 0.25) is 0 Å². The zero-order chi connectivity index (χ0) is 28.1. The quantitative estimate of drug-likeness (QED) is 0.142. The molecule has 0 fully saturated rings. The Kier molecular flexibility index (Phi) is 13.8. The summed E-state index contributed by atoms with van der Waals surface area (Å²) >= 11 is 0. The Morgan fingerprint density at radius 1 is 0.600 bits per heavy atom. The number of hydrogen-bond acceptors (Lipinski definition) is 8. The van der Waals surface area contributed by atoms with Crippen molar-refractivity contribution in [2.75, 3.05) is 13.2 Å². The lowest BCUT2D eigenvalue weighted by atomic mass is 10.1. The van der Waals surface area contributed by atoms with Crippen LogP contribution in [0.15, 0.2) is 0 Å². The lowest BCUT2D eigenvalue weighted by Crippen LogP contribution is -2.54. The highest BCUT2D eigenvalue weighted by Crippen LogP contribution is 2.54. The Labute approximate surface area is 221 Å². The van der Waals surface area contributed by atoms with Crippen LogP contribution in [-0.4, -0.2) is 78.2 Å². The van der Waals surface area contributed by atoms with Crippen LogP contribution in [0.25, 0.3) is 0 Å². The molecular formula is C21H55O8PSi5. The molecule has 0 aliphatic heterocycles. The second kappa shape index (κ2) is 13.4. The fourth-order valence-corrected chi connectivity index (χ4v) is 13.2. The van der Waals surface area contributed by atoms with Crippen LogP contribution in [0.1, 0.15) is 6.42 Å². The van der Waals surface area contributed by atoms with Gasteiger partial charge in [0.1, 0.15) is 0 Å². The second-order valence-corrected chi connectivity index (χ2v) is 38.3. The van der Waals surface area contributed by atoms with Crippen molar-refractivity contribution in [3.05, 3.63) is 0 Å². The van der Waals surface area contributed by atoms with Gasteiger partial charge in [0.05, 0.1) is 24.9 Å². The summed E-state index contributed by atoms with van der Waals surface area (Å²) in [6, 6.07) is 0. The van der Waals surface area contributed by atoms with Gasteiger partial charge >= 0.3 is 7.82 Å². The van der Waals surface area contributed by atoms with E-state index in [-0.39, 0.29) is 19.3 Å². The van der Waals surface area contributed by atoms with Crippen LogP contribution < -0.4 is 0 Å². The fourth-order valence-electron chi connectivity index (χ4n) is 3.23. The van der Waals surface area contributed by atoms with E-state index in [4.69, 9.17) is 26.2 Å². The van der Waals surface area contributed by atoms with E-state index in [1.165, 1.54) is 0 Å². The van der Waals surface area contributed by atoms with E-state index in [2.05, 4.69) is 58.9 Å². The molecule has 0 spiro atoms. The molecule has 0 aromatic carbocycles. The van der Waals surface area contributed by atoms with Gasteiger partial charge in [0.15, 0.2) is 41.6 Å². The number of aliphatic hydroxyl groups excluding tert-OH is 1. The highest BCUT2D eigenvalue weighted by Gasteiger charge is 2.43. The lowest BCUT2D eigenvalue weighted by molar-refractivity contribution is -0.0571. The van der Waals surface area contributed by atoms with Crippen molar-refractivity contribution in [1.29, 1.82) is 0 Å². The monoisotopic (exact) mass is 606 g/mol. The summed E-state index contributed by atoms with van der Waals surface area (Å²) in [7, 11) is -14.4. The minimum atomic E-state index is -3.83. The van der Waals surface area contributed by atoms with Gasteiger partial charge in [-0.15, -0.1) is 0 Å². The third kappa shape index (κ3) is 18.9.